The normalized spacial score (nSPS) is 12.4. The fourth-order valence-corrected chi connectivity index (χ4v) is 4.29. The van der Waals surface area contributed by atoms with E-state index < -0.39 is 18.0 Å². The minimum atomic E-state index is -0.824. The van der Waals surface area contributed by atoms with Gasteiger partial charge in [0.25, 0.3) is 0 Å². The maximum Gasteiger partial charge on any atom is 0.243 e. The Bertz CT molecular complexity index is 905. The van der Waals surface area contributed by atoms with Crippen LogP contribution in [-0.2, 0) is 25.7 Å². The topological polar surface area (TPSA) is 114 Å². The molecule has 0 aliphatic rings. The average Bonchev–Trinajstić information content (AvgIpc) is 2.91. The van der Waals surface area contributed by atoms with Crippen LogP contribution in [0.3, 0.4) is 0 Å². The maximum absolute atomic E-state index is 13.0. The SMILES string of the molecule is CCCCCCCCC(=O)N[C@@H](CC(C)C)C(=O)N[C@H](C=O)CCC(=O)N(C)Cc1ccc(OC)cc1OC. The fraction of sp³-hybridized carbons (Fsp3) is 0.667. The van der Waals surface area contributed by atoms with E-state index >= 15 is 0 Å². The lowest BCUT2D eigenvalue weighted by atomic mass is 10.0. The van der Waals surface area contributed by atoms with E-state index in [1.807, 2.05) is 19.9 Å². The first-order chi connectivity index (χ1) is 18.6. The van der Waals surface area contributed by atoms with Crippen LogP contribution in [0.2, 0.25) is 0 Å². The lowest BCUT2D eigenvalue weighted by Gasteiger charge is -2.23. The summed E-state index contributed by atoms with van der Waals surface area (Å²) >= 11 is 0. The van der Waals surface area contributed by atoms with E-state index in [-0.39, 0.29) is 30.6 Å². The monoisotopic (exact) mass is 547 g/mol. The molecule has 1 aromatic carbocycles. The summed E-state index contributed by atoms with van der Waals surface area (Å²) in [6.07, 6.45) is 8.19. The number of hydrogen-bond donors (Lipinski definition) is 2. The van der Waals surface area contributed by atoms with Gasteiger partial charge in [0.2, 0.25) is 17.7 Å². The van der Waals surface area contributed by atoms with Gasteiger partial charge in [-0.25, -0.2) is 0 Å². The number of carbonyl (C=O) groups excluding carboxylic acids is 4. The summed E-state index contributed by atoms with van der Waals surface area (Å²) in [6, 6.07) is 3.85. The van der Waals surface area contributed by atoms with Gasteiger partial charge < -0.3 is 29.8 Å². The summed E-state index contributed by atoms with van der Waals surface area (Å²) in [6.45, 7) is 6.44. The Morgan fingerprint density at radius 1 is 0.974 bits per heavy atom. The Morgan fingerprint density at radius 2 is 1.67 bits per heavy atom. The highest BCUT2D eigenvalue weighted by molar-refractivity contribution is 5.89. The first-order valence-electron chi connectivity index (χ1n) is 14.1. The molecule has 0 aromatic heterocycles. The predicted octanol–water partition coefficient (Wildman–Crippen LogP) is 4.41. The van der Waals surface area contributed by atoms with E-state index in [1.165, 1.54) is 19.3 Å². The van der Waals surface area contributed by atoms with Gasteiger partial charge in [-0.2, -0.15) is 0 Å². The van der Waals surface area contributed by atoms with E-state index in [0.29, 0.717) is 37.2 Å². The number of rotatable bonds is 20. The molecule has 0 radical (unpaired) electrons. The molecule has 1 aromatic rings. The Balaban J connectivity index is 2.62. The van der Waals surface area contributed by atoms with Crippen LogP contribution >= 0.6 is 0 Å². The van der Waals surface area contributed by atoms with Crippen LogP contribution in [-0.4, -0.2) is 62.3 Å². The van der Waals surface area contributed by atoms with Gasteiger partial charge in [-0.1, -0.05) is 52.9 Å². The molecule has 0 spiro atoms. The van der Waals surface area contributed by atoms with Gasteiger partial charge in [0.05, 0.1) is 20.3 Å². The Kier molecular flexibility index (Phi) is 16.6. The van der Waals surface area contributed by atoms with Crippen molar-refractivity contribution in [3.05, 3.63) is 23.8 Å². The molecule has 2 N–H and O–H groups in total. The van der Waals surface area contributed by atoms with Gasteiger partial charge in [0, 0.05) is 38.1 Å². The summed E-state index contributed by atoms with van der Waals surface area (Å²) in [5.74, 6) is 0.723. The zero-order valence-electron chi connectivity index (χ0n) is 24.7. The standard InChI is InChI=1S/C30H49N3O6/c1-7-8-9-10-11-12-13-28(35)32-26(18-22(2)3)30(37)31-24(21-34)15-17-29(36)33(4)20-23-14-16-25(38-5)19-27(23)39-6/h14,16,19,21-22,24,26H,7-13,15,17-18,20H2,1-6H3,(H,31,37)(H,32,35)/t24-,26-/m0/s1. The number of ether oxygens (including phenoxy) is 2. The first-order valence-corrected chi connectivity index (χ1v) is 14.1. The molecule has 39 heavy (non-hydrogen) atoms. The molecule has 2 atom stereocenters. The third-order valence-electron chi connectivity index (χ3n) is 6.60. The molecule has 0 saturated carbocycles. The summed E-state index contributed by atoms with van der Waals surface area (Å²) < 4.78 is 10.6. The van der Waals surface area contributed by atoms with Crippen molar-refractivity contribution in [2.75, 3.05) is 21.3 Å². The van der Waals surface area contributed by atoms with Crippen molar-refractivity contribution in [3.8, 4) is 11.5 Å². The third-order valence-corrected chi connectivity index (χ3v) is 6.60. The van der Waals surface area contributed by atoms with Crippen molar-refractivity contribution in [3.63, 3.8) is 0 Å². The molecule has 0 aliphatic heterocycles. The second-order valence-corrected chi connectivity index (χ2v) is 10.5. The highest BCUT2D eigenvalue weighted by Crippen LogP contribution is 2.25. The zero-order chi connectivity index (χ0) is 29.2. The molecule has 0 heterocycles. The number of hydrogen-bond acceptors (Lipinski definition) is 6. The molecule has 0 unspecified atom stereocenters. The number of benzene rings is 1. The number of unbranched alkanes of at least 4 members (excludes halogenated alkanes) is 5. The third kappa shape index (κ3) is 13.5. The van der Waals surface area contributed by atoms with E-state index in [9.17, 15) is 19.2 Å². The minimum absolute atomic E-state index is 0.0812. The summed E-state index contributed by atoms with van der Waals surface area (Å²) in [5, 5.41) is 5.56. The van der Waals surface area contributed by atoms with Gasteiger partial charge >= 0.3 is 0 Å². The molecule has 220 valence electrons. The van der Waals surface area contributed by atoms with Crippen LogP contribution in [0.25, 0.3) is 0 Å². The first kappa shape index (κ1) is 33.9. The minimum Gasteiger partial charge on any atom is -0.497 e. The molecule has 0 saturated heterocycles. The van der Waals surface area contributed by atoms with Crippen LogP contribution in [0, 0.1) is 5.92 Å². The molecule has 9 nitrogen and oxygen atoms in total. The lowest BCUT2D eigenvalue weighted by molar-refractivity contribution is -0.132. The number of carbonyl (C=O) groups is 4. The van der Waals surface area contributed by atoms with E-state index in [2.05, 4.69) is 17.6 Å². The second kappa shape index (κ2) is 19.0. The van der Waals surface area contributed by atoms with Gasteiger partial charge in [0.1, 0.15) is 23.8 Å². The quantitative estimate of drug-likeness (QED) is 0.185. The number of aldehydes is 1. The van der Waals surface area contributed by atoms with Gasteiger partial charge in [-0.05, 0) is 37.3 Å². The Morgan fingerprint density at radius 3 is 2.28 bits per heavy atom. The van der Waals surface area contributed by atoms with Crippen molar-refractivity contribution in [2.45, 2.75) is 104 Å². The van der Waals surface area contributed by atoms with E-state index in [1.54, 1.807) is 38.3 Å². The van der Waals surface area contributed by atoms with E-state index in [0.717, 1.165) is 24.8 Å². The summed E-state index contributed by atoms with van der Waals surface area (Å²) in [7, 11) is 4.81. The molecule has 3 amide bonds. The number of amides is 3. The Hall–Kier alpha value is -3.10. The number of methoxy groups -OCH3 is 2. The molecular weight excluding hydrogens is 498 g/mol. The zero-order valence-corrected chi connectivity index (χ0v) is 24.7. The van der Waals surface area contributed by atoms with E-state index in [4.69, 9.17) is 9.47 Å². The van der Waals surface area contributed by atoms with Crippen LogP contribution in [0.15, 0.2) is 18.2 Å². The van der Waals surface area contributed by atoms with Crippen molar-refractivity contribution >= 4 is 24.0 Å². The summed E-state index contributed by atoms with van der Waals surface area (Å²) in [4.78, 5) is 51.5. The predicted molar refractivity (Wildman–Crippen MR) is 153 cm³/mol. The van der Waals surface area contributed by atoms with Gasteiger partial charge in [-0.3, -0.25) is 14.4 Å². The van der Waals surface area contributed by atoms with Crippen molar-refractivity contribution in [1.29, 1.82) is 0 Å². The van der Waals surface area contributed by atoms with Crippen LogP contribution < -0.4 is 20.1 Å². The highest BCUT2D eigenvalue weighted by atomic mass is 16.5. The molecule has 9 heteroatoms. The van der Waals surface area contributed by atoms with Crippen LogP contribution in [0.4, 0.5) is 0 Å². The second-order valence-electron chi connectivity index (χ2n) is 10.5. The molecule has 0 aliphatic carbocycles. The van der Waals surface area contributed by atoms with Crippen molar-refractivity contribution < 1.29 is 28.7 Å². The maximum atomic E-state index is 13.0. The van der Waals surface area contributed by atoms with Crippen molar-refractivity contribution in [2.24, 2.45) is 5.92 Å². The molecule has 0 fully saturated rings. The fourth-order valence-electron chi connectivity index (χ4n) is 4.29. The van der Waals surface area contributed by atoms with Crippen LogP contribution in [0.1, 0.15) is 90.5 Å². The Labute approximate surface area is 234 Å². The lowest BCUT2D eigenvalue weighted by Crippen LogP contribution is -2.50. The highest BCUT2D eigenvalue weighted by Gasteiger charge is 2.25. The van der Waals surface area contributed by atoms with Gasteiger partial charge in [0.15, 0.2) is 0 Å². The largest absolute Gasteiger partial charge is 0.497 e. The summed E-state index contributed by atoms with van der Waals surface area (Å²) in [5.41, 5.74) is 0.822. The van der Waals surface area contributed by atoms with Crippen LogP contribution in [0.5, 0.6) is 11.5 Å². The smallest absolute Gasteiger partial charge is 0.243 e. The number of nitrogens with zero attached hydrogens (tertiary/aromatic N) is 1. The molecule has 1 rings (SSSR count). The van der Waals surface area contributed by atoms with Crippen molar-refractivity contribution in [1.82, 2.24) is 15.5 Å². The molecule has 0 bridgehead atoms. The average molecular weight is 548 g/mol. The molecular formula is C30H49N3O6. The number of nitrogens with one attached hydrogen (secondary N) is 2. The van der Waals surface area contributed by atoms with Gasteiger partial charge in [-0.15, -0.1) is 0 Å².